The van der Waals surface area contributed by atoms with E-state index in [-0.39, 0.29) is 11.5 Å². The van der Waals surface area contributed by atoms with Crippen molar-refractivity contribution >= 4 is 39.0 Å². The molecule has 5 aromatic carbocycles. The number of alkyl halides is 6. The summed E-state index contributed by atoms with van der Waals surface area (Å²) in [4.78, 5) is 0. The van der Waals surface area contributed by atoms with Crippen LogP contribution in [0.2, 0.25) is 0 Å². The van der Waals surface area contributed by atoms with E-state index in [0.29, 0.717) is 0 Å². The van der Waals surface area contributed by atoms with Gasteiger partial charge in [0.25, 0.3) is 8.32 Å². The van der Waals surface area contributed by atoms with Crippen molar-refractivity contribution in [3.63, 3.8) is 0 Å². The molecule has 11 heteroatoms. The monoisotopic (exact) mass is 624 g/mol. The van der Waals surface area contributed by atoms with Crippen molar-refractivity contribution < 1.29 is 37.4 Å². The summed E-state index contributed by atoms with van der Waals surface area (Å²) in [5, 5.41) is 2.53. The first-order valence-corrected chi connectivity index (χ1v) is 16.4. The molecule has 0 fully saturated rings. The summed E-state index contributed by atoms with van der Waals surface area (Å²) in [5.74, 6) is 0.127. The largest absolute Gasteiger partial charge is 1.09 e. The Morgan fingerprint density at radius 1 is 0.419 bits per heavy atom. The molecule has 0 aliphatic carbocycles. The van der Waals surface area contributed by atoms with Gasteiger partial charge in [0.1, 0.15) is 0 Å². The number of benzene rings is 5. The summed E-state index contributed by atoms with van der Waals surface area (Å²) in [6.07, 6.45) is -9.09. The normalized spacial score (nSPS) is 12.0. The highest BCUT2D eigenvalue weighted by atomic mass is 28.4. The van der Waals surface area contributed by atoms with Crippen LogP contribution in [0.5, 0.6) is 11.5 Å². The fourth-order valence-corrected chi connectivity index (χ4v) is 11.6. The molecule has 5 rings (SSSR count). The van der Waals surface area contributed by atoms with E-state index in [2.05, 4.69) is 0 Å². The first kappa shape index (κ1) is 30.4. The number of hydrogen-bond acceptors (Lipinski definition) is 3. The molecule has 0 amide bonds. The van der Waals surface area contributed by atoms with Crippen LogP contribution in [0.1, 0.15) is 11.1 Å². The van der Waals surface area contributed by atoms with Gasteiger partial charge in [-0.25, -0.2) is 0 Å². The smallest absolute Gasteiger partial charge is 0.589 e. The maximum Gasteiger partial charge on any atom is 1.09 e. The first-order chi connectivity index (χ1) is 20.6. The topological polar surface area (TPSA) is 27.7 Å². The third kappa shape index (κ3) is 7.14. The third-order valence-electron chi connectivity index (χ3n) is 6.64. The SMILES string of the molecule is FC(F)(F)c1ccc([O][Al]([O]c2ccc(C(F)(F)F)cc2)[O][Si](c2ccccc2)(c2ccccc2)c2ccccc2)cc1. The van der Waals surface area contributed by atoms with Crippen LogP contribution < -0.4 is 23.1 Å². The lowest BCUT2D eigenvalue weighted by molar-refractivity contribution is -0.138. The van der Waals surface area contributed by atoms with Gasteiger partial charge in [0.15, 0.2) is 0 Å². The fourth-order valence-electron chi connectivity index (χ4n) is 4.61. The van der Waals surface area contributed by atoms with Crippen molar-refractivity contribution in [2.75, 3.05) is 0 Å². The highest BCUT2D eigenvalue weighted by molar-refractivity contribution is 7.09. The molecule has 0 aliphatic rings. The highest BCUT2D eigenvalue weighted by Gasteiger charge is 2.53. The van der Waals surface area contributed by atoms with Gasteiger partial charge in [0, 0.05) is 0 Å². The van der Waals surface area contributed by atoms with Crippen molar-refractivity contribution in [3.05, 3.63) is 151 Å². The highest BCUT2D eigenvalue weighted by Crippen LogP contribution is 2.32. The van der Waals surface area contributed by atoms with Gasteiger partial charge in [-0.15, -0.1) is 0 Å². The van der Waals surface area contributed by atoms with Gasteiger partial charge in [-0.05, 0) is 64.1 Å². The molecular formula is C32H23AlF6O3Si. The lowest BCUT2D eigenvalue weighted by Gasteiger charge is -2.35. The summed E-state index contributed by atoms with van der Waals surface area (Å²) in [6, 6.07) is 36.6. The van der Waals surface area contributed by atoms with E-state index in [0.717, 1.165) is 39.8 Å². The van der Waals surface area contributed by atoms with Crippen molar-refractivity contribution in [1.82, 2.24) is 0 Å². The minimum absolute atomic E-state index is 0.0636. The zero-order chi connectivity index (χ0) is 30.5. The van der Waals surface area contributed by atoms with Crippen LogP contribution in [-0.4, -0.2) is 23.5 Å². The zero-order valence-electron chi connectivity index (χ0n) is 22.3. The molecule has 0 saturated carbocycles. The van der Waals surface area contributed by atoms with Gasteiger partial charge in [-0.3, -0.25) is 0 Å². The maximum absolute atomic E-state index is 13.2. The molecule has 0 unspecified atom stereocenters. The van der Waals surface area contributed by atoms with E-state index < -0.39 is 46.9 Å². The van der Waals surface area contributed by atoms with Crippen LogP contribution in [0, 0.1) is 0 Å². The second-order valence-electron chi connectivity index (χ2n) is 9.47. The first-order valence-electron chi connectivity index (χ1n) is 13.1. The fraction of sp³-hybridized carbons (Fsp3) is 0.0625. The predicted molar refractivity (Wildman–Crippen MR) is 155 cm³/mol. The van der Waals surface area contributed by atoms with Crippen molar-refractivity contribution in [3.8, 4) is 11.5 Å². The Balaban J connectivity index is 1.62. The molecule has 0 atom stereocenters. The third-order valence-corrected chi connectivity index (χ3v) is 13.2. The molecule has 0 aromatic heterocycles. The minimum atomic E-state index is -4.54. The molecule has 5 aromatic rings. The standard InChI is InChI=1S/C18H15OSi.2C7H5F3O.Al/c19-20(16-10-4-1-5-11-16,17-12-6-2-7-13-17)18-14-8-3-9-15-18;2*8-7(9,10)5-1-3-6(11)4-2-5;/h1-15H;2*1-4,11H;/q-1;;;+3/p-2. The van der Waals surface area contributed by atoms with Crippen LogP contribution in [0.25, 0.3) is 0 Å². The molecule has 0 saturated heterocycles. The van der Waals surface area contributed by atoms with Gasteiger partial charge in [-0.1, -0.05) is 91.0 Å². The van der Waals surface area contributed by atoms with E-state index in [4.69, 9.17) is 11.1 Å². The van der Waals surface area contributed by atoms with Crippen LogP contribution in [0.4, 0.5) is 26.3 Å². The number of halogens is 6. The van der Waals surface area contributed by atoms with Gasteiger partial charge in [-0.2, -0.15) is 26.3 Å². The lowest BCUT2D eigenvalue weighted by atomic mass is 10.2. The molecular weight excluding hydrogens is 601 g/mol. The zero-order valence-corrected chi connectivity index (χ0v) is 24.5. The summed E-state index contributed by atoms with van der Waals surface area (Å²) < 4.78 is 98.6. The molecule has 0 heterocycles. The summed E-state index contributed by atoms with van der Waals surface area (Å²) in [6.45, 7) is 0. The molecule has 0 radical (unpaired) electrons. The van der Waals surface area contributed by atoms with E-state index >= 15 is 0 Å². The molecule has 0 N–H and O–H groups in total. The Labute approximate surface area is 250 Å². The Morgan fingerprint density at radius 3 is 1.00 bits per heavy atom. The molecule has 3 nitrogen and oxygen atoms in total. The summed E-state index contributed by atoms with van der Waals surface area (Å²) in [5.41, 5.74) is -1.71. The van der Waals surface area contributed by atoms with Crippen LogP contribution in [-0.2, 0) is 15.8 Å². The molecule has 218 valence electrons. The van der Waals surface area contributed by atoms with E-state index in [9.17, 15) is 26.3 Å². The second-order valence-corrected chi connectivity index (χ2v) is 14.6. The average Bonchev–Trinajstić information content (AvgIpc) is 3.01. The van der Waals surface area contributed by atoms with E-state index in [1.54, 1.807) is 0 Å². The summed E-state index contributed by atoms with van der Waals surface area (Å²) in [7, 11) is -3.42. The molecule has 0 bridgehead atoms. The van der Waals surface area contributed by atoms with Gasteiger partial charge in [0.2, 0.25) is 0 Å². The minimum Gasteiger partial charge on any atom is -0.589 e. The maximum atomic E-state index is 13.2. The quantitative estimate of drug-likeness (QED) is 0.102. The lowest BCUT2D eigenvalue weighted by Crippen LogP contribution is -2.72. The van der Waals surface area contributed by atoms with Crippen LogP contribution >= 0.6 is 0 Å². The van der Waals surface area contributed by atoms with Crippen molar-refractivity contribution in [2.24, 2.45) is 0 Å². The van der Waals surface area contributed by atoms with Gasteiger partial charge in [0.05, 0.1) is 22.6 Å². The molecule has 0 aliphatic heterocycles. The van der Waals surface area contributed by atoms with Crippen LogP contribution in [0.3, 0.4) is 0 Å². The molecule has 43 heavy (non-hydrogen) atoms. The molecule has 0 spiro atoms. The van der Waals surface area contributed by atoms with Crippen LogP contribution in [0.15, 0.2) is 140 Å². The second kappa shape index (κ2) is 12.7. The Bertz CT molecular complexity index is 1440. The van der Waals surface area contributed by atoms with E-state index in [1.165, 1.54) is 24.3 Å². The summed E-state index contributed by atoms with van der Waals surface area (Å²) >= 11 is -3.44. The van der Waals surface area contributed by atoms with E-state index in [1.807, 2.05) is 91.0 Å². The van der Waals surface area contributed by atoms with Gasteiger partial charge < -0.3 is 11.1 Å². The van der Waals surface area contributed by atoms with Crippen molar-refractivity contribution in [1.29, 1.82) is 0 Å². The number of hydrogen-bond donors (Lipinski definition) is 0. The Morgan fingerprint density at radius 2 is 0.721 bits per heavy atom. The Kier molecular flexibility index (Phi) is 8.99. The average molecular weight is 625 g/mol. The van der Waals surface area contributed by atoms with Crippen molar-refractivity contribution in [2.45, 2.75) is 12.4 Å². The number of rotatable bonds is 9. The predicted octanol–water partition coefficient (Wildman–Crippen LogP) is 6.85. The van der Waals surface area contributed by atoms with Gasteiger partial charge >= 0.3 is 27.5 Å². The Hall–Kier alpha value is -4.01.